The van der Waals surface area contributed by atoms with E-state index in [1.807, 2.05) is 37.5 Å². The normalized spacial score (nSPS) is 13.1. The standard InChI is InChI=1S/C23H24N4O/c1-26(14-10-18-8-12-24-13-9-18)23(28)22-7-6-21(16-25-22)27-15-11-19-4-2-3-5-20(19)17-27/h2-9,12-13,16H,10-11,14-15,17H2,1H3. The third kappa shape index (κ3) is 4.03. The van der Waals surface area contributed by atoms with Crippen LogP contribution in [-0.4, -0.2) is 40.9 Å². The summed E-state index contributed by atoms with van der Waals surface area (Å²) in [4.78, 5) is 25.2. The molecule has 0 saturated carbocycles. The number of benzene rings is 1. The molecule has 3 aromatic rings. The Hall–Kier alpha value is -3.21. The van der Waals surface area contributed by atoms with Gasteiger partial charge in [0.15, 0.2) is 0 Å². The van der Waals surface area contributed by atoms with E-state index in [4.69, 9.17) is 0 Å². The molecule has 28 heavy (non-hydrogen) atoms. The van der Waals surface area contributed by atoms with Gasteiger partial charge in [-0.05, 0) is 53.8 Å². The molecule has 1 aromatic carbocycles. The number of anilines is 1. The van der Waals surface area contributed by atoms with E-state index in [9.17, 15) is 4.79 Å². The van der Waals surface area contributed by atoms with Gasteiger partial charge in [-0.1, -0.05) is 24.3 Å². The molecule has 2 aromatic heterocycles. The summed E-state index contributed by atoms with van der Waals surface area (Å²) in [6, 6.07) is 16.4. The van der Waals surface area contributed by atoms with E-state index in [0.29, 0.717) is 12.2 Å². The Bertz CT molecular complexity index is 940. The molecule has 1 aliphatic heterocycles. The highest BCUT2D eigenvalue weighted by atomic mass is 16.2. The van der Waals surface area contributed by atoms with Crippen molar-refractivity contribution in [1.29, 1.82) is 0 Å². The van der Waals surface area contributed by atoms with Crippen molar-refractivity contribution in [2.45, 2.75) is 19.4 Å². The smallest absolute Gasteiger partial charge is 0.272 e. The van der Waals surface area contributed by atoms with Crippen LogP contribution in [0.4, 0.5) is 5.69 Å². The van der Waals surface area contributed by atoms with Gasteiger partial charge in [0.1, 0.15) is 5.69 Å². The summed E-state index contributed by atoms with van der Waals surface area (Å²) in [6.45, 7) is 2.50. The molecule has 4 rings (SSSR count). The lowest BCUT2D eigenvalue weighted by Crippen LogP contribution is -2.31. The van der Waals surface area contributed by atoms with Gasteiger partial charge in [0.2, 0.25) is 0 Å². The number of carbonyl (C=O) groups excluding carboxylic acids is 1. The molecule has 0 atom stereocenters. The summed E-state index contributed by atoms with van der Waals surface area (Å²) >= 11 is 0. The van der Waals surface area contributed by atoms with Crippen LogP contribution >= 0.6 is 0 Å². The van der Waals surface area contributed by atoms with Gasteiger partial charge in [-0.15, -0.1) is 0 Å². The Balaban J connectivity index is 1.38. The Kier molecular flexibility index (Phi) is 5.33. The van der Waals surface area contributed by atoms with Crippen LogP contribution in [0.3, 0.4) is 0 Å². The topological polar surface area (TPSA) is 49.3 Å². The number of fused-ring (bicyclic) bond motifs is 1. The minimum atomic E-state index is -0.0513. The molecule has 0 aliphatic carbocycles. The number of amides is 1. The number of rotatable bonds is 5. The number of likely N-dealkylation sites (N-methyl/N-ethyl adjacent to an activating group) is 1. The minimum absolute atomic E-state index is 0.0513. The van der Waals surface area contributed by atoms with E-state index in [0.717, 1.165) is 31.6 Å². The number of hydrogen-bond donors (Lipinski definition) is 0. The zero-order chi connectivity index (χ0) is 19.3. The molecule has 0 N–H and O–H groups in total. The summed E-state index contributed by atoms with van der Waals surface area (Å²) in [5, 5.41) is 0. The first-order valence-corrected chi connectivity index (χ1v) is 9.63. The van der Waals surface area contributed by atoms with E-state index in [2.05, 4.69) is 39.1 Å². The molecular formula is C23H24N4O. The first kappa shape index (κ1) is 18.2. The molecule has 142 valence electrons. The maximum atomic E-state index is 12.7. The van der Waals surface area contributed by atoms with Gasteiger partial charge in [0.25, 0.3) is 5.91 Å². The third-order valence-corrected chi connectivity index (χ3v) is 5.29. The maximum Gasteiger partial charge on any atom is 0.272 e. The quantitative estimate of drug-likeness (QED) is 0.689. The predicted octanol–water partition coefficient (Wildman–Crippen LogP) is 3.35. The lowest BCUT2D eigenvalue weighted by atomic mass is 10.00. The molecule has 0 radical (unpaired) electrons. The molecule has 0 saturated heterocycles. The van der Waals surface area contributed by atoms with Crippen LogP contribution < -0.4 is 4.90 Å². The van der Waals surface area contributed by atoms with Gasteiger partial charge >= 0.3 is 0 Å². The zero-order valence-corrected chi connectivity index (χ0v) is 16.1. The highest BCUT2D eigenvalue weighted by Crippen LogP contribution is 2.24. The average Bonchev–Trinajstić information content (AvgIpc) is 2.77. The second-order valence-corrected chi connectivity index (χ2v) is 7.17. The van der Waals surface area contributed by atoms with E-state index >= 15 is 0 Å². The largest absolute Gasteiger partial charge is 0.366 e. The minimum Gasteiger partial charge on any atom is -0.366 e. The number of nitrogens with zero attached hydrogens (tertiary/aromatic N) is 4. The number of aromatic nitrogens is 2. The summed E-state index contributed by atoms with van der Waals surface area (Å²) < 4.78 is 0. The van der Waals surface area contributed by atoms with Crippen molar-refractivity contribution >= 4 is 11.6 Å². The van der Waals surface area contributed by atoms with Gasteiger partial charge in [-0.3, -0.25) is 9.78 Å². The van der Waals surface area contributed by atoms with Crippen molar-refractivity contribution < 1.29 is 4.79 Å². The van der Waals surface area contributed by atoms with Crippen LogP contribution in [0, 0.1) is 0 Å². The van der Waals surface area contributed by atoms with Crippen molar-refractivity contribution in [2.75, 3.05) is 25.0 Å². The van der Waals surface area contributed by atoms with Gasteiger partial charge in [-0.25, -0.2) is 4.98 Å². The highest BCUT2D eigenvalue weighted by Gasteiger charge is 2.18. The number of hydrogen-bond acceptors (Lipinski definition) is 4. The van der Waals surface area contributed by atoms with Crippen LogP contribution in [0.2, 0.25) is 0 Å². The summed E-state index contributed by atoms with van der Waals surface area (Å²) in [5.74, 6) is -0.0513. The molecule has 1 amide bonds. The van der Waals surface area contributed by atoms with Crippen LogP contribution in [0.15, 0.2) is 67.1 Å². The van der Waals surface area contributed by atoms with Crippen molar-refractivity contribution in [3.8, 4) is 0 Å². The molecule has 1 aliphatic rings. The molecule has 0 unspecified atom stereocenters. The molecule has 3 heterocycles. The zero-order valence-electron chi connectivity index (χ0n) is 16.1. The Labute approximate surface area is 165 Å². The van der Waals surface area contributed by atoms with Gasteiger partial charge in [-0.2, -0.15) is 0 Å². The summed E-state index contributed by atoms with van der Waals surface area (Å²) in [7, 11) is 1.82. The van der Waals surface area contributed by atoms with Crippen molar-refractivity contribution in [3.63, 3.8) is 0 Å². The summed E-state index contributed by atoms with van der Waals surface area (Å²) in [5.41, 5.74) is 5.51. The van der Waals surface area contributed by atoms with Gasteiger partial charge in [0, 0.05) is 39.1 Å². The molecule has 0 spiro atoms. The SMILES string of the molecule is CN(CCc1ccncc1)C(=O)c1ccc(N2CCc3ccccc3C2)cn1. The van der Waals surface area contributed by atoms with Crippen molar-refractivity contribution in [2.24, 2.45) is 0 Å². The van der Waals surface area contributed by atoms with Crippen LogP contribution in [-0.2, 0) is 19.4 Å². The second-order valence-electron chi connectivity index (χ2n) is 7.17. The van der Waals surface area contributed by atoms with Crippen molar-refractivity contribution in [1.82, 2.24) is 14.9 Å². The predicted molar refractivity (Wildman–Crippen MR) is 110 cm³/mol. The molecule has 0 fully saturated rings. The van der Waals surface area contributed by atoms with E-state index in [1.165, 1.54) is 16.7 Å². The first-order valence-electron chi connectivity index (χ1n) is 9.63. The number of carbonyl (C=O) groups is 1. The fraction of sp³-hybridized carbons (Fsp3) is 0.261. The fourth-order valence-electron chi connectivity index (χ4n) is 3.56. The Morgan fingerprint density at radius 1 is 1.07 bits per heavy atom. The lowest BCUT2D eigenvalue weighted by molar-refractivity contribution is 0.0791. The monoisotopic (exact) mass is 372 g/mol. The highest BCUT2D eigenvalue weighted by molar-refractivity contribution is 5.92. The third-order valence-electron chi connectivity index (χ3n) is 5.29. The maximum absolute atomic E-state index is 12.7. The van der Waals surface area contributed by atoms with Crippen LogP contribution in [0.5, 0.6) is 0 Å². The average molecular weight is 372 g/mol. The number of pyridine rings is 2. The molecule has 5 nitrogen and oxygen atoms in total. The van der Waals surface area contributed by atoms with E-state index in [1.54, 1.807) is 17.3 Å². The lowest BCUT2D eigenvalue weighted by Gasteiger charge is -2.30. The van der Waals surface area contributed by atoms with E-state index in [-0.39, 0.29) is 5.91 Å². The fourth-order valence-corrected chi connectivity index (χ4v) is 3.56. The first-order chi connectivity index (χ1) is 13.7. The van der Waals surface area contributed by atoms with Crippen LogP contribution in [0.1, 0.15) is 27.2 Å². The summed E-state index contributed by atoms with van der Waals surface area (Å²) in [6.07, 6.45) is 7.20. The Morgan fingerprint density at radius 2 is 1.86 bits per heavy atom. The second kappa shape index (κ2) is 8.21. The van der Waals surface area contributed by atoms with Gasteiger partial charge in [0.05, 0.1) is 11.9 Å². The van der Waals surface area contributed by atoms with E-state index < -0.39 is 0 Å². The van der Waals surface area contributed by atoms with Crippen LogP contribution in [0.25, 0.3) is 0 Å². The molecule has 5 heteroatoms. The molecular weight excluding hydrogens is 348 g/mol. The Morgan fingerprint density at radius 3 is 2.61 bits per heavy atom. The molecule has 0 bridgehead atoms. The van der Waals surface area contributed by atoms with Gasteiger partial charge < -0.3 is 9.80 Å². The van der Waals surface area contributed by atoms with Crippen molar-refractivity contribution in [3.05, 3.63) is 89.5 Å².